The summed E-state index contributed by atoms with van der Waals surface area (Å²) < 4.78 is 12.0. The molecule has 0 fully saturated rings. The second kappa shape index (κ2) is 3.95. The third-order valence-electron chi connectivity index (χ3n) is 2.14. The summed E-state index contributed by atoms with van der Waals surface area (Å²) in [6.07, 6.45) is 1.97. The topological polar surface area (TPSA) is 32.9 Å². The molecule has 2 nitrogen and oxygen atoms in total. The zero-order chi connectivity index (χ0) is 10.8. The summed E-state index contributed by atoms with van der Waals surface area (Å²) in [6, 6.07) is 1.49. The van der Waals surface area contributed by atoms with Crippen LogP contribution in [0, 0.1) is 0 Å². The summed E-state index contributed by atoms with van der Waals surface area (Å²) in [5, 5.41) is 0. The molecule has 0 saturated carbocycles. The zero-order valence-electron chi connectivity index (χ0n) is 8.86. The Hall–Kier alpha value is -1.12. The Balaban J connectivity index is 3.09. The first kappa shape index (κ1) is 11.0. The van der Waals surface area contributed by atoms with Crippen LogP contribution in [0.25, 0.3) is 0 Å². The molecule has 0 radical (unpaired) electrons. The molecule has 0 amide bonds. The van der Waals surface area contributed by atoms with Gasteiger partial charge in [-0.1, -0.05) is 20.8 Å². The smallest absolute Gasteiger partial charge is 0.185 e. The van der Waals surface area contributed by atoms with Gasteiger partial charge in [-0.05, 0) is 5.41 Å². The summed E-state index contributed by atoms with van der Waals surface area (Å²) >= 11 is 0. The number of aryl methyl sites for hydroxylation is 1. The molecule has 0 atom stereocenters. The molecule has 0 bridgehead atoms. The predicted molar refractivity (Wildman–Crippen MR) is 55.4 cm³/mol. The number of rotatable bonds is 2. The van der Waals surface area contributed by atoms with Crippen molar-refractivity contribution in [3.8, 4) is 0 Å². The highest BCUT2D eigenvalue weighted by Crippen LogP contribution is 2.17. The van der Waals surface area contributed by atoms with E-state index in [0.29, 0.717) is 5.69 Å². The number of H-pyrrole nitrogens is 1. The van der Waals surface area contributed by atoms with Crippen LogP contribution in [0.2, 0.25) is 0 Å². The molecular formula is C11H16FNO. The maximum atomic E-state index is 12.0. The summed E-state index contributed by atoms with van der Waals surface area (Å²) in [4.78, 5) is 14.6. The van der Waals surface area contributed by atoms with Gasteiger partial charge in [-0.3, -0.25) is 9.18 Å². The van der Waals surface area contributed by atoms with Crippen LogP contribution in [0.1, 0.15) is 32.0 Å². The first-order valence-electron chi connectivity index (χ1n) is 4.73. The van der Waals surface area contributed by atoms with Gasteiger partial charge >= 0.3 is 0 Å². The molecule has 14 heavy (non-hydrogen) atoms. The van der Waals surface area contributed by atoms with E-state index < -0.39 is 6.67 Å². The Bertz CT molecular complexity index is 362. The number of aromatic amines is 1. The van der Waals surface area contributed by atoms with Crippen molar-refractivity contribution < 1.29 is 4.39 Å². The molecule has 0 saturated heterocycles. The standard InChI is InChI=1S/C11H16FNO/c1-11(2,3)9-7-13-8(4-5-12)6-10(9)14/h6-7H,4-5H2,1-3H3,(H,13,14). The van der Waals surface area contributed by atoms with Gasteiger partial charge in [0, 0.05) is 29.9 Å². The quantitative estimate of drug-likeness (QED) is 0.774. The monoisotopic (exact) mass is 197 g/mol. The molecule has 3 heteroatoms. The molecule has 1 aromatic rings. The van der Waals surface area contributed by atoms with Crippen molar-refractivity contribution in [3.05, 3.63) is 33.7 Å². The van der Waals surface area contributed by atoms with Crippen LogP contribution in [0.4, 0.5) is 4.39 Å². The summed E-state index contributed by atoms with van der Waals surface area (Å²) in [7, 11) is 0. The third-order valence-corrected chi connectivity index (χ3v) is 2.14. The van der Waals surface area contributed by atoms with Gasteiger partial charge in [-0.15, -0.1) is 0 Å². The fraction of sp³-hybridized carbons (Fsp3) is 0.545. The molecule has 0 aromatic carbocycles. The first-order valence-corrected chi connectivity index (χ1v) is 4.73. The lowest BCUT2D eigenvalue weighted by atomic mass is 9.88. The predicted octanol–water partition coefficient (Wildman–Crippen LogP) is 2.18. The second-order valence-corrected chi connectivity index (χ2v) is 4.43. The Morgan fingerprint density at radius 2 is 2.07 bits per heavy atom. The molecule has 1 N–H and O–H groups in total. The molecule has 1 heterocycles. The Labute approximate surface area is 83.2 Å². The molecular weight excluding hydrogens is 181 g/mol. The van der Waals surface area contributed by atoms with Crippen LogP contribution >= 0.6 is 0 Å². The molecule has 0 aliphatic carbocycles. The van der Waals surface area contributed by atoms with E-state index in [1.165, 1.54) is 6.07 Å². The highest BCUT2D eigenvalue weighted by molar-refractivity contribution is 5.21. The van der Waals surface area contributed by atoms with Gasteiger partial charge in [0.25, 0.3) is 0 Å². The number of pyridine rings is 1. The summed E-state index contributed by atoms with van der Waals surface area (Å²) in [5.41, 5.74) is 1.22. The normalized spacial score (nSPS) is 11.7. The van der Waals surface area contributed by atoms with Crippen LogP contribution in [-0.2, 0) is 11.8 Å². The molecule has 0 aliphatic rings. The Morgan fingerprint density at radius 3 is 2.50 bits per heavy atom. The van der Waals surface area contributed by atoms with Crippen LogP contribution < -0.4 is 5.43 Å². The number of halogens is 1. The minimum Gasteiger partial charge on any atom is -0.364 e. The van der Waals surface area contributed by atoms with Crippen molar-refractivity contribution in [2.24, 2.45) is 0 Å². The van der Waals surface area contributed by atoms with E-state index in [9.17, 15) is 9.18 Å². The summed E-state index contributed by atoms with van der Waals surface area (Å²) in [5.74, 6) is 0. The van der Waals surface area contributed by atoms with Crippen molar-refractivity contribution >= 4 is 0 Å². The number of hydrogen-bond acceptors (Lipinski definition) is 1. The minimum atomic E-state index is -0.440. The fourth-order valence-corrected chi connectivity index (χ4v) is 1.35. The molecule has 0 unspecified atom stereocenters. The Kier molecular flexibility index (Phi) is 3.09. The van der Waals surface area contributed by atoms with Crippen LogP contribution in [0.5, 0.6) is 0 Å². The molecule has 1 rings (SSSR count). The van der Waals surface area contributed by atoms with Crippen molar-refractivity contribution in [3.63, 3.8) is 0 Å². The van der Waals surface area contributed by atoms with Gasteiger partial charge < -0.3 is 4.98 Å². The van der Waals surface area contributed by atoms with Gasteiger partial charge in [0.1, 0.15) is 0 Å². The highest BCUT2D eigenvalue weighted by Gasteiger charge is 2.17. The van der Waals surface area contributed by atoms with Crippen molar-refractivity contribution in [2.75, 3.05) is 6.67 Å². The van der Waals surface area contributed by atoms with Crippen LogP contribution in [-0.4, -0.2) is 11.7 Å². The van der Waals surface area contributed by atoms with E-state index in [4.69, 9.17) is 0 Å². The minimum absolute atomic E-state index is 0.0142. The van der Waals surface area contributed by atoms with E-state index in [0.717, 1.165) is 5.56 Å². The Morgan fingerprint density at radius 1 is 1.43 bits per heavy atom. The van der Waals surface area contributed by atoms with E-state index in [1.54, 1.807) is 6.20 Å². The van der Waals surface area contributed by atoms with E-state index in [2.05, 4.69) is 4.98 Å². The number of aromatic nitrogens is 1. The number of alkyl halides is 1. The lowest BCUT2D eigenvalue weighted by molar-refractivity contribution is 0.491. The lowest BCUT2D eigenvalue weighted by Gasteiger charge is -2.17. The SMILES string of the molecule is CC(C)(C)c1c[nH]c(CCF)cc1=O. The maximum absolute atomic E-state index is 12.0. The lowest BCUT2D eigenvalue weighted by Crippen LogP contribution is -2.23. The van der Waals surface area contributed by atoms with Gasteiger partial charge in [-0.2, -0.15) is 0 Å². The van der Waals surface area contributed by atoms with Gasteiger partial charge in [0.2, 0.25) is 0 Å². The molecule has 0 aliphatic heterocycles. The zero-order valence-corrected chi connectivity index (χ0v) is 8.86. The van der Waals surface area contributed by atoms with Gasteiger partial charge in [-0.25, -0.2) is 0 Å². The van der Waals surface area contributed by atoms with E-state index in [1.807, 2.05) is 20.8 Å². The first-order chi connectivity index (χ1) is 6.45. The van der Waals surface area contributed by atoms with Crippen LogP contribution in [0.3, 0.4) is 0 Å². The summed E-state index contributed by atoms with van der Waals surface area (Å²) in [6.45, 7) is 5.50. The highest BCUT2D eigenvalue weighted by atomic mass is 19.1. The number of nitrogens with one attached hydrogen (secondary N) is 1. The third kappa shape index (κ3) is 2.44. The second-order valence-electron chi connectivity index (χ2n) is 4.43. The largest absolute Gasteiger partial charge is 0.364 e. The van der Waals surface area contributed by atoms with Crippen LogP contribution in [0.15, 0.2) is 17.1 Å². The average molecular weight is 197 g/mol. The molecule has 0 spiro atoms. The number of hydrogen-bond donors (Lipinski definition) is 1. The average Bonchev–Trinajstić information content (AvgIpc) is 2.02. The molecule has 78 valence electrons. The van der Waals surface area contributed by atoms with E-state index >= 15 is 0 Å². The van der Waals surface area contributed by atoms with Gasteiger partial charge in [0.05, 0.1) is 6.67 Å². The molecule has 1 aromatic heterocycles. The van der Waals surface area contributed by atoms with Crippen molar-refractivity contribution in [1.82, 2.24) is 4.98 Å². The maximum Gasteiger partial charge on any atom is 0.185 e. The van der Waals surface area contributed by atoms with E-state index in [-0.39, 0.29) is 17.3 Å². The fourth-order valence-electron chi connectivity index (χ4n) is 1.35. The van der Waals surface area contributed by atoms with Crippen molar-refractivity contribution in [1.29, 1.82) is 0 Å². The van der Waals surface area contributed by atoms with Gasteiger partial charge in [0.15, 0.2) is 5.43 Å². The van der Waals surface area contributed by atoms with Crippen molar-refractivity contribution in [2.45, 2.75) is 32.6 Å².